The SMILES string of the molecule is C#CCC(NCCC)C(C)OCC. The van der Waals surface area contributed by atoms with E-state index < -0.39 is 0 Å². The molecule has 0 heterocycles. The van der Waals surface area contributed by atoms with Crippen molar-refractivity contribution in [3.63, 3.8) is 0 Å². The molecule has 2 atom stereocenters. The topological polar surface area (TPSA) is 21.3 Å². The average Bonchev–Trinajstić information content (AvgIpc) is 2.12. The molecular formula is C11H21NO. The zero-order valence-corrected chi connectivity index (χ0v) is 8.97. The fraction of sp³-hybridized carbons (Fsp3) is 0.818. The Morgan fingerprint density at radius 1 is 1.46 bits per heavy atom. The Morgan fingerprint density at radius 2 is 2.15 bits per heavy atom. The van der Waals surface area contributed by atoms with Gasteiger partial charge < -0.3 is 10.1 Å². The van der Waals surface area contributed by atoms with E-state index in [0.29, 0.717) is 6.04 Å². The minimum atomic E-state index is 0.201. The predicted molar refractivity (Wildman–Crippen MR) is 56.6 cm³/mol. The third kappa shape index (κ3) is 5.68. The number of rotatable bonds is 7. The lowest BCUT2D eigenvalue weighted by Crippen LogP contribution is -2.39. The zero-order valence-electron chi connectivity index (χ0n) is 8.97. The summed E-state index contributed by atoms with van der Waals surface area (Å²) in [4.78, 5) is 0. The number of terminal acetylenes is 1. The molecule has 0 saturated carbocycles. The van der Waals surface area contributed by atoms with Gasteiger partial charge in [0.05, 0.1) is 6.10 Å². The first-order valence-corrected chi connectivity index (χ1v) is 5.04. The fourth-order valence-corrected chi connectivity index (χ4v) is 1.24. The highest BCUT2D eigenvalue weighted by molar-refractivity contribution is 4.92. The summed E-state index contributed by atoms with van der Waals surface area (Å²) in [5, 5.41) is 3.39. The molecule has 0 aromatic heterocycles. The molecule has 0 bridgehead atoms. The van der Waals surface area contributed by atoms with Crippen LogP contribution in [-0.4, -0.2) is 25.3 Å². The quantitative estimate of drug-likeness (QED) is 0.608. The molecule has 2 unspecified atom stereocenters. The zero-order chi connectivity index (χ0) is 10.1. The van der Waals surface area contributed by atoms with Crippen LogP contribution in [0.1, 0.15) is 33.6 Å². The third-order valence-corrected chi connectivity index (χ3v) is 1.99. The molecule has 0 aliphatic rings. The minimum absolute atomic E-state index is 0.201. The van der Waals surface area contributed by atoms with Gasteiger partial charge in [-0.1, -0.05) is 6.92 Å². The van der Waals surface area contributed by atoms with Crippen LogP contribution in [0, 0.1) is 12.3 Å². The van der Waals surface area contributed by atoms with Crippen LogP contribution in [0.2, 0.25) is 0 Å². The second kappa shape index (κ2) is 8.10. The molecule has 1 N–H and O–H groups in total. The molecule has 13 heavy (non-hydrogen) atoms. The van der Waals surface area contributed by atoms with Gasteiger partial charge in [0, 0.05) is 19.1 Å². The van der Waals surface area contributed by atoms with Crippen LogP contribution < -0.4 is 5.32 Å². The van der Waals surface area contributed by atoms with Crippen LogP contribution in [0.3, 0.4) is 0 Å². The lowest BCUT2D eigenvalue weighted by molar-refractivity contribution is 0.0489. The van der Waals surface area contributed by atoms with Gasteiger partial charge in [-0.15, -0.1) is 12.3 Å². The Labute approximate surface area is 82.1 Å². The van der Waals surface area contributed by atoms with Crippen LogP contribution in [-0.2, 0) is 4.74 Å². The Hall–Kier alpha value is -0.520. The van der Waals surface area contributed by atoms with Crippen molar-refractivity contribution < 1.29 is 4.74 Å². The molecule has 0 saturated heterocycles. The molecule has 2 heteroatoms. The van der Waals surface area contributed by atoms with E-state index in [1.54, 1.807) is 0 Å². The van der Waals surface area contributed by atoms with Gasteiger partial charge >= 0.3 is 0 Å². The smallest absolute Gasteiger partial charge is 0.0709 e. The molecule has 76 valence electrons. The van der Waals surface area contributed by atoms with Crippen molar-refractivity contribution in [3.8, 4) is 12.3 Å². The Kier molecular flexibility index (Phi) is 7.77. The second-order valence-electron chi connectivity index (χ2n) is 3.13. The van der Waals surface area contributed by atoms with E-state index in [-0.39, 0.29) is 6.10 Å². The van der Waals surface area contributed by atoms with Crippen molar-refractivity contribution in [3.05, 3.63) is 0 Å². The Bertz CT molecular complexity index is 151. The van der Waals surface area contributed by atoms with Gasteiger partial charge in [0.15, 0.2) is 0 Å². The van der Waals surface area contributed by atoms with Crippen LogP contribution in [0.15, 0.2) is 0 Å². The van der Waals surface area contributed by atoms with E-state index in [2.05, 4.69) is 25.1 Å². The van der Waals surface area contributed by atoms with E-state index in [4.69, 9.17) is 11.2 Å². The molecule has 0 radical (unpaired) electrons. The van der Waals surface area contributed by atoms with E-state index in [0.717, 1.165) is 26.0 Å². The van der Waals surface area contributed by atoms with Crippen LogP contribution in [0.25, 0.3) is 0 Å². The fourth-order valence-electron chi connectivity index (χ4n) is 1.24. The Morgan fingerprint density at radius 3 is 2.62 bits per heavy atom. The van der Waals surface area contributed by atoms with E-state index >= 15 is 0 Å². The first-order valence-electron chi connectivity index (χ1n) is 5.04. The van der Waals surface area contributed by atoms with Gasteiger partial charge in [-0.25, -0.2) is 0 Å². The first kappa shape index (κ1) is 12.5. The monoisotopic (exact) mass is 183 g/mol. The summed E-state index contributed by atoms with van der Waals surface area (Å²) in [6, 6.07) is 0.296. The minimum Gasteiger partial charge on any atom is -0.377 e. The number of ether oxygens (including phenoxy) is 1. The maximum atomic E-state index is 5.50. The summed E-state index contributed by atoms with van der Waals surface area (Å²) in [5.74, 6) is 2.67. The summed E-state index contributed by atoms with van der Waals surface area (Å²) >= 11 is 0. The van der Waals surface area contributed by atoms with Gasteiger partial charge in [0.2, 0.25) is 0 Å². The van der Waals surface area contributed by atoms with Gasteiger partial charge in [-0.05, 0) is 26.8 Å². The highest BCUT2D eigenvalue weighted by atomic mass is 16.5. The largest absolute Gasteiger partial charge is 0.377 e. The Balaban J connectivity index is 3.84. The van der Waals surface area contributed by atoms with Crippen LogP contribution in [0.5, 0.6) is 0 Å². The maximum absolute atomic E-state index is 5.50. The second-order valence-corrected chi connectivity index (χ2v) is 3.13. The van der Waals surface area contributed by atoms with Crippen molar-refractivity contribution >= 4 is 0 Å². The summed E-state index contributed by atoms with van der Waals surface area (Å²) < 4.78 is 5.50. The number of hydrogen-bond acceptors (Lipinski definition) is 2. The molecule has 2 nitrogen and oxygen atoms in total. The third-order valence-electron chi connectivity index (χ3n) is 1.99. The maximum Gasteiger partial charge on any atom is 0.0709 e. The van der Waals surface area contributed by atoms with Crippen LogP contribution >= 0.6 is 0 Å². The lowest BCUT2D eigenvalue weighted by atomic mass is 10.1. The van der Waals surface area contributed by atoms with Gasteiger partial charge in [-0.2, -0.15) is 0 Å². The highest BCUT2D eigenvalue weighted by Crippen LogP contribution is 2.02. The summed E-state index contributed by atoms with van der Waals surface area (Å²) in [6.07, 6.45) is 7.35. The van der Waals surface area contributed by atoms with Crippen molar-refractivity contribution in [1.29, 1.82) is 0 Å². The van der Waals surface area contributed by atoms with Gasteiger partial charge in [-0.3, -0.25) is 0 Å². The van der Waals surface area contributed by atoms with Crippen molar-refractivity contribution in [1.82, 2.24) is 5.32 Å². The standard InChI is InChI=1S/C11H21NO/c1-5-8-11(12-9-6-2)10(4)13-7-3/h1,10-12H,6-9H2,2-4H3. The van der Waals surface area contributed by atoms with E-state index in [1.165, 1.54) is 0 Å². The number of hydrogen-bond donors (Lipinski definition) is 1. The number of nitrogens with one attached hydrogen (secondary N) is 1. The summed E-state index contributed by atoms with van der Waals surface area (Å²) in [5.41, 5.74) is 0. The van der Waals surface area contributed by atoms with Crippen molar-refractivity contribution in [2.24, 2.45) is 0 Å². The normalized spacial score (nSPS) is 14.9. The average molecular weight is 183 g/mol. The van der Waals surface area contributed by atoms with Crippen molar-refractivity contribution in [2.45, 2.75) is 45.8 Å². The van der Waals surface area contributed by atoms with E-state index in [9.17, 15) is 0 Å². The first-order chi connectivity index (χ1) is 6.26. The van der Waals surface area contributed by atoms with Crippen molar-refractivity contribution in [2.75, 3.05) is 13.2 Å². The molecule has 0 aliphatic carbocycles. The van der Waals surface area contributed by atoms with E-state index in [1.807, 2.05) is 6.92 Å². The molecule has 0 aromatic rings. The van der Waals surface area contributed by atoms with Gasteiger partial charge in [0.1, 0.15) is 0 Å². The molecule has 0 amide bonds. The highest BCUT2D eigenvalue weighted by Gasteiger charge is 2.14. The molecular weight excluding hydrogens is 162 g/mol. The molecule has 0 rings (SSSR count). The van der Waals surface area contributed by atoms with Gasteiger partial charge in [0.25, 0.3) is 0 Å². The predicted octanol–water partition coefficient (Wildman–Crippen LogP) is 1.80. The molecule has 0 aliphatic heterocycles. The molecule has 0 aromatic carbocycles. The summed E-state index contributed by atoms with van der Waals surface area (Å²) in [7, 11) is 0. The molecule has 0 spiro atoms. The molecule has 0 fully saturated rings. The van der Waals surface area contributed by atoms with Crippen LogP contribution in [0.4, 0.5) is 0 Å². The summed E-state index contributed by atoms with van der Waals surface area (Å²) in [6.45, 7) is 7.96. The lowest BCUT2D eigenvalue weighted by Gasteiger charge is -2.23.